The maximum absolute atomic E-state index is 11.4. The van der Waals surface area contributed by atoms with Gasteiger partial charge in [-0.25, -0.2) is 9.90 Å². The molecule has 0 aliphatic heterocycles. The van der Waals surface area contributed by atoms with E-state index in [1.54, 1.807) is 18.2 Å². The Labute approximate surface area is 97.4 Å². The summed E-state index contributed by atoms with van der Waals surface area (Å²) in [4.78, 5) is 12.1. The largest absolute Gasteiger partial charge is 0.546 e. The first kappa shape index (κ1) is 10.5. The first-order valence-electron chi connectivity index (χ1n) is 4.66. The molecule has 0 aliphatic carbocycles. The molecule has 0 fully saturated rings. The third kappa shape index (κ3) is 2.73. The summed E-state index contributed by atoms with van der Waals surface area (Å²) in [5, 5.41) is 5.47. The van der Waals surface area contributed by atoms with Crippen LogP contribution in [0.2, 0.25) is 0 Å². The molecule has 0 saturated carbocycles. The summed E-state index contributed by atoms with van der Waals surface area (Å²) in [6, 6.07) is 12.8. The van der Waals surface area contributed by atoms with Gasteiger partial charge in [0.2, 0.25) is 4.88 Å². The highest BCUT2D eigenvalue weighted by atomic mass is 32.1. The number of nitrogens with zero attached hydrogens (tertiary/aromatic N) is 2. The molecule has 0 N–H and O–H groups in total. The Kier molecular flexibility index (Phi) is 3.38. The van der Waals surface area contributed by atoms with Crippen molar-refractivity contribution >= 4 is 29.0 Å². The van der Waals surface area contributed by atoms with E-state index in [0.29, 0.717) is 10.6 Å². The van der Waals surface area contributed by atoms with Crippen molar-refractivity contribution in [2.75, 3.05) is 0 Å². The highest BCUT2D eigenvalue weighted by Crippen LogP contribution is 2.16. The Bertz CT molecular complexity index is 477. The maximum Gasteiger partial charge on any atom is 0.433 e. The van der Waals surface area contributed by atoms with Gasteiger partial charge in [-0.15, -0.1) is 5.69 Å². The molecule has 2 aromatic rings. The fourth-order valence-electron chi connectivity index (χ4n) is 1.09. The minimum atomic E-state index is -0.241. The van der Waals surface area contributed by atoms with Crippen molar-refractivity contribution in [3.63, 3.8) is 0 Å². The van der Waals surface area contributed by atoms with E-state index in [1.807, 2.05) is 29.6 Å². The minimum absolute atomic E-state index is 0.241. The second-order valence-electron chi connectivity index (χ2n) is 2.95. The lowest BCUT2D eigenvalue weighted by atomic mass is 10.3. The summed E-state index contributed by atoms with van der Waals surface area (Å²) in [5.41, 5.74) is 4.56. The molecule has 0 amide bonds. The van der Waals surface area contributed by atoms with Crippen molar-refractivity contribution < 1.29 is 4.79 Å². The lowest BCUT2D eigenvalue weighted by Crippen LogP contribution is -1.95. The monoisotopic (exact) mass is 228 g/mol. The highest BCUT2D eigenvalue weighted by molar-refractivity contribution is 7.12. The number of Topliss-reactive ketones (excluding diaryl/α,β-unsaturated/α-hetero) is 1. The van der Waals surface area contributed by atoms with Gasteiger partial charge in [-0.2, -0.15) is 0 Å². The molecule has 2 rings (SSSR count). The summed E-state index contributed by atoms with van der Waals surface area (Å²) in [5.74, 6) is -0.241. The Hall–Kier alpha value is -2.03. The molecule has 4 heteroatoms. The van der Waals surface area contributed by atoms with Gasteiger partial charge in [0.1, 0.15) is 0 Å². The van der Waals surface area contributed by atoms with Crippen LogP contribution in [0.5, 0.6) is 0 Å². The number of thiophene rings is 1. The topological polar surface area (TPSA) is 43.5 Å². The molecule has 3 nitrogen and oxygen atoms in total. The lowest BCUT2D eigenvalue weighted by molar-refractivity contribution is 0.107. The zero-order valence-corrected chi connectivity index (χ0v) is 9.15. The molecule has 0 radical (unpaired) electrons. The van der Waals surface area contributed by atoms with Crippen LogP contribution >= 0.6 is 11.3 Å². The standard InChI is InChI=1S/C12H8N2OS/c15-11(12-7-4-8-16-12)9-13-14-10-5-2-1-3-6-10/h1-8H. The summed E-state index contributed by atoms with van der Waals surface area (Å²) in [7, 11) is 0. The van der Waals surface area contributed by atoms with Gasteiger partial charge in [0.25, 0.3) is 6.21 Å². The van der Waals surface area contributed by atoms with E-state index < -0.39 is 0 Å². The molecule has 78 valence electrons. The van der Waals surface area contributed by atoms with Crippen molar-refractivity contribution in [3.8, 4) is 0 Å². The van der Waals surface area contributed by atoms with E-state index in [1.165, 1.54) is 11.3 Å². The second kappa shape index (κ2) is 5.16. The molecule has 0 spiro atoms. The molecule has 0 atom stereocenters. The van der Waals surface area contributed by atoms with Crippen LogP contribution in [-0.4, -0.2) is 12.0 Å². The van der Waals surface area contributed by atoms with Crippen molar-refractivity contribution in [1.82, 2.24) is 0 Å². The molecule has 16 heavy (non-hydrogen) atoms. The van der Waals surface area contributed by atoms with Gasteiger partial charge in [-0.05, 0) is 17.4 Å². The van der Waals surface area contributed by atoms with Crippen molar-refractivity contribution in [2.24, 2.45) is 5.10 Å². The van der Waals surface area contributed by atoms with Crippen LogP contribution in [-0.2, 0) is 0 Å². The number of hydrogen-bond acceptors (Lipinski definition) is 3. The molecule has 1 aromatic carbocycles. The Morgan fingerprint density at radius 1 is 1.19 bits per heavy atom. The van der Waals surface area contributed by atoms with E-state index in [4.69, 9.17) is 0 Å². The molecular weight excluding hydrogens is 220 g/mol. The van der Waals surface area contributed by atoms with Crippen LogP contribution in [0.4, 0.5) is 5.69 Å². The van der Waals surface area contributed by atoms with Crippen LogP contribution in [0.25, 0.3) is 5.43 Å². The number of carbonyl (C=O) groups excluding carboxylic acids is 1. The number of benzene rings is 1. The summed E-state index contributed by atoms with van der Waals surface area (Å²) in [6.07, 6.45) is 2.36. The van der Waals surface area contributed by atoms with Gasteiger partial charge in [0.15, 0.2) is 0 Å². The fourth-order valence-corrected chi connectivity index (χ4v) is 1.70. The maximum atomic E-state index is 11.4. The number of ketones is 1. The fraction of sp³-hybridized carbons (Fsp3) is 0. The second-order valence-corrected chi connectivity index (χ2v) is 3.90. The minimum Gasteiger partial charge on any atom is -0.546 e. The Balaban J connectivity index is 1.93. The highest BCUT2D eigenvalue weighted by Gasteiger charge is 2.16. The van der Waals surface area contributed by atoms with Crippen LogP contribution < -0.4 is 0 Å². The van der Waals surface area contributed by atoms with E-state index in [2.05, 4.69) is 16.7 Å². The van der Waals surface area contributed by atoms with Gasteiger partial charge in [0, 0.05) is 11.4 Å². The predicted molar refractivity (Wildman–Crippen MR) is 65.5 cm³/mol. The molecule has 0 unspecified atom stereocenters. The number of carbonyl (C=O) groups is 1. The third-order valence-corrected chi connectivity index (χ3v) is 2.69. The van der Waals surface area contributed by atoms with Gasteiger partial charge < -0.3 is 5.43 Å². The first-order valence-corrected chi connectivity index (χ1v) is 5.54. The summed E-state index contributed by atoms with van der Waals surface area (Å²) >= 11 is 1.36. The zero-order valence-electron chi connectivity index (χ0n) is 8.33. The van der Waals surface area contributed by atoms with E-state index in [-0.39, 0.29) is 5.78 Å². The zero-order chi connectivity index (χ0) is 11.2. The van der Waals surface area contributed by atoms with Crippen LogP contribution in [0, 0.1) is 0 Å². The number of rotatable bonds is 4. The van der Waals surface area contributed by atoms with Crippen molar-refractivity contribution in [1.29, 1.82) is 0 Å². The van der Waals surface area contributed by atoms with Gasteiger partial charge in [-0.1, -0.05) is 30.3 Å². The SMILES string of the molecule is O=C([C+]=N[N-]c1ccccc1)c1cccs1. The van der Waals surface area contributed by atoms with Gasteiger partial charge in [-0.3, -0.25) is 0 Å². The average molecular weight is 228 g/mol. The van der Waals surface area contributed by atoms with E-state index in [0.717, 1.165) is 0 Å². The normalized spacial score (nSPS) is 10.0. The van der Waals surface area contributed by atoms with Crippen molar-refractivity contribution in [3.05, 3.63) is 58.1 Å². The van der Waals surface area contributed by atoms with Gasteiger partial charge >= 0.3 is 5.78 Å². The quantitative estimate of drug-likeness (QED) is 0.342. The van der Waals surface area contributed by atoms with E-state index in [9.17, 15) is 4.79 Å². The molecular formula is C12H8N2OS. The van der Waals surface area contributed by atoms with E-state index >= 15 is 0 Å². The van der Waals surface area contributed by atoms with Crippen LogP contribution in [0.1, 0.15) is 9.67 Å². The smallest absolute Gasteiger partial charge is 0.433 e. The predicted octanol–water partition coefficient (Wildman–Crippen LogP) is 3.50. The molecule has 0 saturated heterocycles. The van der Waals surface area contributed by atoms with Crippen LogP contribution in [0.3, 0.4) is 0 Å². The Morgan fingerprint density at radius 2 is 2.00 bits per heavy atom. The molecule has 0 aliphatic rings. The lowest BCUT2D eigenvalue weighted by Gasteiger charge is -2.09. The summed E-state index contributed by atoms with van der Waals surface area (Å²) in [6.45, 7) is 0. The van der Waals surface area contributed by atoms with Gasteiger partial charge in [0.05, 0.1) is 0 Å². The molecule has 1 heterocycles. The third-order valence-electron chi connectivity index (χ3n) is 1.82. The molecule has 0 bridgehead atoms. The molecule has 1 aromatic heterocycles. The Morgan fingerprint density at radius 3 is 2.69 bits per heavy atom. The van der Waals surface area contributed by atoms with Crippen molar-refractivity contribution in [2.45, 2.75) is 0 Å². The van der Waals surface area contributed by atoms with Crippen LogP contribution in [0.15, 0.2) is 52.9 Å². The average Bonchev–Trinajstić information content (AvgIpc) is 2.84. The first-order chi connectivity index (χ1) is 7.86. The number of hydrogen-bond donors (Lipinski definition) is 0. The summed E-state index contributed by atoms with van der Waals surface area (Å²) < 4.78 is 0.